The molecule has 0 unspecified atom stereocenters. The van der Waals surface area contributed by atoms with Crippen LogP contribution in [0.1, 0.15) is 133 Å². The number of benzene rings is 4. The summed E-state index contributed by atoms with van der Waals surface area (Å²) < 4.78 is 31.8. The second-order valence-electron chi connectivity index (χ2n) is 22.0. The Morgan fingerprint density at radius 2 is 0.967 bits per heavy atom. The summed E-state index contributed by atoms with van der Waals surface area (Å²) in [5.41, 5.74) is 1.93. The molecule has 10 rings (SSSR count). The average molecular weight is 857 g/mol. The van der Waals surface area contributed by atoms with Gasteiger partial charge in [-0.1, -0.05) is 0 Å². The summed E-state index contributed by atoms with van der Waals surface area (Å²) >= 11 is 0. The Balaban J connectivity index is 0.000000973. The summed E-state index contributed by atoms with van der Waals surface area (Å²) in [4.78, 5) is 16.1. The summed E-state index contributed by atoms with van der Waals surface area (Å²) in [6.45, 7) is 37.5. The molecule has 1 saturated heterocycles. The number of rotatable bonds is 4. The number of ether oxygens (including phenoxy) is 2. The van der Waals surface area contributed by atoms with E-state index in [1.807, 2.05) is 13.8 Å². The molecule has 8 nitrogen and oxygen atoms in total. The van der Waals surface area contributed by atoms with E-state index in [-0.39, 0.29) is 0 Å². The molecule has 0 N–H and O–H groups in total. The molecular weight excluding hydrogens is 789 g/mol. The maximum Gasteiger partial charge on any atom is 0.0437 e. The van der Waals surface area contributed by atoms with Crippen molar-refractivity contribution in [3.05, 3.63) is 124 Å². The molecule has 0 saturated carbocycles. The smallest absolute Gasteiger partial charge is 0.0437 e. The van der Waals surface area contributed by atoms with Gasteiger partial charge in [0.05, 0.1) is 0 Å². The van der Waals surface area contributed by atoms with E-state index in [9.17, 15) is 0 Å². The number of carbonyl (C=O) groups excluding carboxylic acids is 1. The van der Waals surface area contributed by atoms with Crippen molar-refractivity contribution < 1.29 is 26.9 Å². The largest absolute Gasteiger partial charge is 0.382 e. The first-order valence-corrected chi connectivity index (χ1v) is 26.9. The third-order valence-electron chi connectivity index (χ3n) is 13.6. The molecule has 324 valence electrons. The minimum absolute atomic E-state index is 0.406. The van der Waals surface area contributed by atoms with E-state index in [1.165, 1.54) is 0 Å². The van der Waals surface area contributed by atoms with Crippen molar-refractivity contribution in [2.24, 2.45) is 0 Å². The van der Waals surface area contributed by atoms with Crippen molar-refractivity contribution in [2.75, 3.05) is 13.2 Å². The third kappa shape index (κ3) is 4.91. The molecule has 4 aromatic carbocycles. The minimum atomic E-state index is -4.93. The molecule has 0 atom stereocenters. The van der Waals surface area contributed by atoms with Crippen LogP contribution in [0.25, 0.3) is 0 Å². The molecule has 4 aromatic rings. The number of para-hydroxylation sites is 2. The van der Waals surface area contributed by atoms with Crippen molar-refractivity contribution in [3.63, 3.8) is 0 Å². The molecule has 0 aliphatic carbocycles. The van der Waals surface area contributed by atoms with Gasteiger partial charge in [0.25, 0.3) is 0 Å². The second kappa shape index (κ2) is 13.0. The molecule has 6 aliphatic rings. The first kappa shape index (κ1) is 43.1. The van der Waals surface area contributed by atoms with Crippen molar-refractivity contribution in [1.82, 2.24) is 9.13 Å². The molecule has 6 aliphatic heterocycles. The number of amidine groups is 2. The van der Waals surface area contributed by atoms with Gasteiger partial charge in [0.1, 0.15) is 0 Å². The van der Waals surface area contributed by atoms with Crippen molar-refractivity contribution in [1.29, 1.82) is 0 Å². The van der Waals surface area contributed by atoms with Gasteiger partial charge in [-0.25, -0.2) is 0 Å². The summed E-state index contributed by atoms with van der Waals surface area (Å²) in [6.07, 6.45) is 0. The van der Waals surface area contributed by atoms with Crippen LogP contribution in [-0.2, 0) is 19.1 Å². The summed E-state index contributed by atoms with van der Waals surface area (Å²) in [5, 5.41) is 1.94. The Morgan fingerprint density at radius 1 is 0.590 bits per heavy atom. The number of nitrogens with zero attached hydrogens (tertiary/aromatic N) is 4. The van der Waals surface area contributed by atoms with Crippen LogP contribution in [0.15, 0.2) is 102 Å². The van der Waals surface area contributed by atoms with Gasteiger partial charge in [0, 0.05) is 13.2 Å². The van der Waals surface area contributed by atoms with Gasteiger partial charge in [-0.05, 0) is 13.8 Å². The Kier molecular flexibility index (Phi) is 9.17. The molecular formula is C51H68N4O4Si2. The predicted molar refractivity (Wildman–Crippen MR) is 253 cm³/mol. The normalized spacial score (nSPS) is 22.0. The van der Waals surface area contributed by atoms with Gasteiger partial charge in [-0.15, -0.1) is 0 Å². The fraction of sp³-hybridized carbons (Fsp3) is 0.451. The van der Waals surface area contributed by atoms with E-state index in [0.717, 1.165) is 73.8 Å². The van der Waals surface area contributed by atoms with Crippen LogP contribution < -0.4 is 15.1 Å². The third-order valence-corrected chi connectivity index (χ3v) is 31.0. The van der Waals surface area contributed by atoms with E-state index in [2.05, 4.69) is 218 Å². The van der Waals surface area contributed by atoms with Gasteiger partial charge in [-0.2, -0.15) is 0 Å². The van der Waals surface area contributed by atoms with Crippen LogP contribution in [0.5, 0.6) is 11.5 Å². The maximum absolute atomic E-state index is 15.4. The van der Waals surface area contributed by atoms with Crippen LogP contribution in [0.4, 0.5) is 0 Å². The molecule has 2 spiro atoms. The quantitative estimate of drug-likeness (QED) is 0.151. The molecule has 6 heterocycles. The van der Waals surface area contributed by atoms with Crippen molar-refractivity contribution in [3.8, 4) is 11.5 Å². The van der Waals surface area contributed by atoms with Crippen molar-refractivity contribution in [2.45, 2.75) is 138 Å². The van der Waals surface area contributed by atoms with E-state index in [1.54, 1.807) is 0 Å². The van der Waals surface area contributed by atoms with Gasteiger partial charge < -0.3 is 4.74 Å². The second-order valence-corrected chi connectivity index (χ2v) is 31.4. The SMILES string of the molecule is CC1(C)c2cccc3c2Oc2c1cccc2[Si-]12(O[Si-]34(C1=C=O)N(C(C)(C)C)C(c1ccccc1)=[N+]4C(C)(C)C)N(C(C)(C)C)C(c1ccccc1)=[N+]2C(C)(C)C.CCOCC. The first-order chi connectivity index (χ1) is 28.4. The molecule has 0 amide bonds. The average Bonchev–Trinajstić information content (AvgIpc) is 3.12. The Bertz CT molecular complexity index is 2440. The Hall–Kier alpha value is -4.58. The number of hydrogen-bond donors (Lipinski definition) is 0. The summed E-state index contributed by atoms with van der Waals surface area (Å²) in [5.74, 6) is 6.71. The summed E-state index contributed by atoms with van der Waals surface area (Å²) in [6, 6.07) is 34.5. The van der Waals surface area contributed by atoms with Crippen LogP contribution in [0.2, 0.25) is 0 Å². The van der Waals surface area contributed by atoms with Crippen LogP contribution in [0.3, 0.4) is 0 Å². The molecule has 10 heteroatoms. The van der Waals surface area contributed by atoms with Crippen molar-refractivity contribution >= 4 is 43.8 Å². The monoisotopic (exact) mass is 856 g/mol. The van der Waals surface area contributed by atoms with E-state index in [0.29, 0.717) is 0 Å². The van der Waals surface area contributed by atoms with Gasteiger partial charge in [-0.3, -0.25) is 0 Å². The predicted octanol–water partition coefficient (Wildman–Crippen LogP) is 8.98. The van der Waals surface area contributed by atoms with Crippen LogP contribution in [0, 0.1) is 0 Å². The standard InChI is InChI=1S/C47H58N4O3Si2.C4H10O/c1-43(2,3)48-41(32-23-17-15-18-24-32)49(44(4,5)6)55(48)36-29-21-27-34-39(36)53-40-35(47(34,13)14)28-22-30-37(40)56(54-55,38(55)31-52)50(45(7,8)9)42(51(56)46(10,11)12)33-25-19-16-20-26-33;1-3-5-4-2/h15-30H,1-14H3;3-4H2,1-2H3. The van der Waals surface area contributed by atoms with Gasteiger partial charge in [0.15, 0.2) is 0 Å². The Morgan fingerprint density at radius 3 is 1.26 bits per heavy atom. The Labute approximate surface area is 365 Å². The number of hydrogen-bond acceptors (Lipinski definition) is 6. The minimum Gasteiger partial charge on any atom is -0.382 e. The maximum atomic E-state index is 15.4. The first-order valence-electron chi connectivity index (χ1n) is 22.3. The summed E-state index contributed by atoms with van der Waals surface area (Å²) in [7, 11) is -9.86. The topological polar surface area (TPSA) is 57.3 Å². The molecule has 0 radical (unpaired) electrons. The van der Waals surface area contributed by atoms with E-state index in [4.69, 9.17) is 13.6 Å². The zero-order valence-corrected chi connectivity index (χ0v) is 41.6. The molecule has 4 bridgehead atoms. The molecule has 0 aromatic heterocycles. The molecule has 61 heavy (non-hydrogen) atoms. The van der Waals surface area contributed by atoms with Crippen LogP contribution in [-0.4, -0.2) is 86.4 Å². The van der Waals surface area contributed by atoms with Gasteiger partial charge in [0.2, 0.25) is 0 Å². The zero-order chi connectivity index (χ0) is 44.6. The zero-order valence-electron chi connectivity index (χ0n) is 39.6. The van der Waals surface area contributed by atoms with Crippen LogP contribution >= 0.6 is 0 Å². The van der Waals surface area contributed by atoms with E-state index < -0.39 is 43.4 Å². The van der Waals surface area contributed by atoms with Gasteiger partial charge >= 0.3 is 335 Å². The fourth-order valence-electron chi connectivity index (χ4n) is 12.5. The molecule has 1 fully saturated rings. The van der Waals surface area contributed by atoms with E-state index >= 15 is 4.79 Å². The fourth-order valence-corrected chi connectivity index (χ4v) is 35.9.